The van der Waals surface area contributed by atoms with Crippen LogP contribution in [0.2, 0.25) is 0 Å². The van der Waals surface area contributed by atoms with Crippen molar-refractivity contribution in [3.05, 3.63) is 42.2 Å². The van der Waals surface area contributed by atoms with Crippen molar-refractivity contribution < 1.29 is 4.79 Å². The highest BCUT2D eigenvalue weighted by Crippen LogP contribution is 2.19. The average molecular weight is 326 g/mol. The summed E-state index contributed by atoms with van der Waals surface area (Å²) in [5, 5.41) is 5.35. The molecule has 5 heteroatoms. The summed E-state index contributed by atoms with van der Waals surface area (Å²) in [7, 11) is 1.85. The van der Waals surface area contributed by atoms with Crippen molar-refractivity contribution in [2.45, 2.75) is 32.4 Å². The highest BCUT2D eigenvalue weighted by Gasteiger charge is 2.23. The van der Waals surface area contributed by atoms with Crippen LogP contribution in [0.1, 0.15) is 25.3 Å². The van der Waals surface area contributed by atoms with Gasteiger partial charge in [-0.1, -0.05) is 25.1 Å². The molecule has 0 aliphatic carbocycles. The van der Waals surface area contributed by atoms with Crippen LogP contribution in [0.5, 0.6) is 0 Å². The van der Waals surface area contributed by atoms with Gasteiger partial charge in [0.1, 0.15) is 0 Å². The summed E-state index contributed by atoms with van der Waals surface area (Å²) in [6, 6.07) is 8.62. The van der Waals surface area contributed by atoms with E-state index >= 15 is 0 Å². The standard InChI is InChI=1S/C19H26N4O/c1-3-23-11-5-8-17(23)13-21-19(24)22(2)14-16-7-4-6-15-12-20-10-9-18(15)16/h4,6-7,9-10,12,17H,3,5,8,11,13-14H2,1-2H3,(H,21,24). The Balaban J connectivity index is 1.59. The van der Waals surface area contributed by atoms with E-state index in [1.807, 2.05) is 31.4 Å². The molecular formula is C19H26N4O. The van der Waals surface area contributed by atoms with Crippen LogP contribution < -0.4 is 5.32 Å². The maximum absolute atomic E-state index is 12.4. The predicted octanol–water partition coefficient (Wildman–Crippen LogP) is 2.86. The smallest absolute Gasteiger partial charge is 0.317 e. The number of carbonyl (C=O) groups is 1. The Morgan fingerprint density at radius 1 is 1.42 bits per heavy atom. The Kier molecular flexibility index (Phi) is 5.30. The number of rotatable bonds is 5. The Labute approximate surface area is 143 Å². The fourth-order valence-corrected chi connectivity index (χ4v) is 3.54. The molecule has 1 atom stereocenters. The molecule has 1 saturated heterocycles. The highest BCUT2D eigenvalue weighted by molar-refractivity contribution is 5.85. The number of pyridine rings is 1. The summed E-state index contributed by atoms with van der Waals surface area (Å²) >= 11 is 0. The lowest BCUT2D eigenvalue weighted by Crippen LogP contribution is -2.44. The molecule has 1 unspecified atom stereocenters. The maximum atomic E-state index is 12.4. The molecule has 0 spiro atoms. The molecule has 2 aromatic rings. The van der Waals surface area contributed by atoms with E-state index in [0.29, 0.717) is 12.6 Å². The van der Waals surface area contributed by atoms with E-state index in [2.05, 4.69) is 28.2 Å². The number of likely N-dealkylation sites (tertiary alicyclic amines) is 1. The zero-order valence-corrected chi connectivity index (χ0v) is 14.5. The summed E-state index contributed by atoms with van der Waals surface area (Å²) in [5.74, 6) is 0. The molecule has 1 fully saturated rings. The number of hydrogen-bond acceptors (Lipinski definition) is 3. The molecule has 0 bridgehead atoms. The minimum absolute atomic E-state index is 0.0102. The van der Waals surface area contributed by atoms with Gasteiger partial charge in [-0.25, -0.2) is 4.79 Å². The van der Waals surface area contributed by atoms with Crippen LogP contribution in [-0.2, 0) is 6.54 Å². The van der Waals surface area contributed by atoms with Gasteiger partial charge in [-0.05, 0) is 42.9 Å². The number of likely N-dealkylation sites (N-methyl/N-ethyl adjacent to an activating group) is 1. The molecule has 0 saturated carbocycles. The maximum Gasteiger partial charge on any atom is 0.317 e. The first kappa shape index (κ1) is 16.7. The normalized spacial score (nSPS) is 18.0. The molecule has 3 rings (SSSR count). The Morgan fingerprint density at radius 2 is 2.29 bits per heavy atom. The second-order valence-electron chi connectivity index (χ2n) is 6.48. The van der Waals surface area contributed by atoms with Gasteiger partial charge in [0.15, 0.2) is 0 Å². The molecule has 1 aromatic carbocycles. The van der Waals surface area contributed by atoms with Crippen molar-refractivity contribution in [2.24, 2.45) is 0 Å². The number of urea groups is 1. The molecule has 5 nitrogen and oxygen atoms in total. The minimum atomic E-state index is -0.0102. The summed E-state index contributed by atoms with van der Waals surface area (Å²) in [6.45, 7) is 5.71. The van der Waals surface area contributed by atoms with E-state index in [0.717, 1.165) is 36.0 Å². The zero-order valence-electron chi connectivity index (χ0n) is 14.5. The fourth-order valence-electron chi connectivity index (χ4n) is 3.54. The molecule has 0 radical (unpaired) electrons. The van der Waals surface area contributed by atoms with Gasteiger partial charge in [-0.3, -0.25) is 9.88 Å². The number of aromatic nitrogens is 1. The van der Waals surface area contributed by atoms with Crippen molar-refractivity contribution >= 4 is 16.8 Å². The Morgan fingerprint density at radius 3 is 3.12 bits per heavy atom. The largest absolute Gasteiger partial charge is 0.336 e. The van der Waals surface area contributed by atoms with Crippen LogP contribution in [0.15, 0.2) is 36.7 Å². The molecule has 1 N–H and O–H groups in total. The van der Waals surface area contributed by atoms with Crippen LogP contribution in [-0.4, -0.2) is 53.5 Å². The lowest BCUT2D eigenvalue weighted by atomic mass is 10.1. The summed E-state index contributed by atoms with van der Waals surface area (Å²) < 4.78 is 0. The monoisotopic (exact) mass is 326 g/mol. The fraction of sp³-hybridized carbons (Fsp3) is 0.474. The van der Waals surface area contributed by atoms with E-state index in [1.54, 1.807) is 11.1 Å². The van der Waals surface area contributed by atoms with Crippen LogP contribution in [0.3, 0.4) is 0 Å². The molecule has 2 heterocycles. The first-order valence-electron chi connectivity index (χ1n) is 8.73. The minimum Gasteiger partial charge on any atom is -0.336 e. The lowest BCUT2D eigenvalue weighted by molar-refractivity contribution is 0.199. The van der Waals surface area contributed by atoms with Crippen molar-refractivity contribution in [1.29, 1.82) is 0 Å². The third-order valence-electron chi connectivity index (χ3n) is 4.92. The van der Waals surface area contributed by atoms with Crippen LogP contribution >= 0.6 is 0 Å². The molecule has 24 heavy (non-hydrogen) atoms. The van der Waals surface area contributed by atoms with E-state index in [4.69, 9.17) is 0 Å². The Bertz CT molecular complexity index is 697. The van der Waals surface area contributed by atoms with Gasteiger partial charge in [-0.2, -0.15) is 0 Å². The first-order valence-corrected chi connectivity index (χ1v) is 8.73. The van der Waals surface area contributed by atoms with Crippen molar-refractivity contribution in [1.82, 2.24) is 20.1 Å². The molecule has 128 valence electrons. The van der Waals surface area contributed by atoms with E-state index in [-0.39, 0.29) is 6.03 Å². The number of nitrogens with zero attached hydrogens (tertiary/aromatic N) is 3. The van der Waals surface area contributed by atoms with Crippen LogP contribution in [0.25, 0.3) is 10.8 Å². The number of nitrogens with one attached hydrogen (secondary N) is 1. The predicted molar refractivity (Wildman–Crippen MR) is 96.9 cm³/mol. The topological polar surface area (TPSA) is 48.5 Å². The summed E-state index contributed by atoms with van der Waals surface area (Å²) in [4.78, 5) is 20.8. The van der Waals surface area contributed by atoms with Crippen LogP contribution in [0.4, 0.5) is 4.79 Å². The molecule has 1 aliphatic rings. The van der Waals surface area contributed by atoms with Gasteiger partial charge in [0.2, 0.25) is 0 Å². The average Bonchev–Trinajstić information content (AvgIpc) is 3.07. The molecule has 1 aliphatic heterocycles. The van der Waals surface area contributed by atoms with E-state index < -0.39 is 0 Å². The lowest BCUT2D eigenvalue weighted by Gasteiger charge is -2.25. The number of carbonyl (C=O) groups excluding carboxylic acids is 1. The van der Waals surface area contributed by atoms with Crippen LogP contribution in [0, 0.1) is 0 Å². The van der Waals surface area contributed by atoms with Crippen molar-refractivity contribution in [3.8, 4) is 0 Å². The van der Waals surface area contributed by atoms with Gasteiger partial charge < -0.3 is 10.2 Å². The third-order valence-corrected chi connectivity index (χ3v) is 4.92. The van der Waals surface area contributed by atoms with Gasteiger partial charge in [0, 0.05) is 44.0 Å². The molecule has 2 amide bonds. The number of amides is 2. The quantitative estimate of drug-likeness (QED) is 0.919. The highest BCUT2D eigenvalue weighted by atomic mass is 16.2. The van der Waals surface area contributed by atoms with Gasteiger partial charge in [0.05, 0.1) is 0 Å². The Hall–Kier alpha value is -2.14. The SMILES string of the molecule is CCN1CCCC1CNC(=O)N(C)Cc1cccc2cnccc12. The molecular weight excluding hydrogens is 300 g/mol. The number of fused-ring (bicyclic) bond motifs is 1. The second-order valence-corrected chi connectivity index (χ2v) is 6.48. The van der Waals surface area contributed by atoms with E-state index in [1.165, 1.54) is 12.8 Å². The van der Waals surface area contributed by atoms with E-state index in [9.17, 15) is 4.79 Å². The summed E-state index contributed by atoms with van der Waals surface area (Å²) in [6.07, 6.45) is 6.06. The second kappa shape index (κ2) is 7.62. The van der Waals surface area contributed by atoms with Gasteiger partial charge in [0.25, 0.3) is 0 Å². The first-order chi connectivity index (χ1) is 11.7. The van der Waals surface area contributed by atoms with Gasteiger partial charge in [-0.15, -0.1) is 0 Å². The zero-order chi connectivity index (χ0) is 16.9. The van der Waals surface area contributed by atoms with Crippen molar-refractivity contribution in [3.63, 3.8) is 0 Å². The van der Waals surface area contributed by atoms with Gasteiger partial charge >= 0.3 is 6.03 Å². The number of hydrogen-bond donors (Lipinski definition) is 1. The number of benzene rings is 1. The van der Waals surface area contributed by atoms with Crippen molar-refractivity contribution in [2.75, 3.05) is 26.7 Å². The summed E-state index contributed by atoms with van der Waals surface area (Å²) in [5.41, 5.74) is 1.14. The third kappa shape index (κ3) is 3.67. The molecule has 1 aromatic heterocycles.